The topological polar surface area (TPSA) is 35.5 Å². The van der Waals surface area contributed by atoms with E-state index in [0.717, 1.165) is 30.5 Å². The molecule has 1 aromatic rings. The number of nitrogens with one attached hydrogen (secondary N) is 1. The molecule has 3 nitrogen and oxygen atoms in total. The zero-order valence-corrected chi connectivity index (χ0v) is 12.1. The van der Waals surface area contributed by atoms with Gasteiger partial charge in [0.05, 0.1) is 4.34 Å². The third kappa shape index (κ3) is 4.52. The maximum Gasteiger partial charge on any atom is 0.0931 e. The molecule has 5 heteroatoms. The number of aliphatic hydroxyl groups is 1. The molecule has 1 fully saturated rings. The second-order valence-electron chi connectivity index (χ2n) is 4.87. The maximum atomic E-state index is 9.18. The van der Waals surface area contributed by atoms with Crippen molar-refractivity contribution in [2.75, 3.05) is 32.8 Å². The van der Waals surface area contributed by atoms with Crippen molar-refractivity contribution in [3.05, 3.63) is 21.3 Å². The summed E-state index contributed by atoms with van der Waals surface area (Å²) in [7, 11) is 0. The summed E-state index contributed by atoms with van der Waals surface area (Å²) in [5, 5.41) is 12.6. The van der Waals surface area contributed by atoms with Crippen molar-refractivity contribution in [3.63, 3.8) is 0 Å². The van der Waals surface area contributed by atoms with Crippen LogP contribution in [0, 0.1) is 5.92 Å². The molecular weight excluding hydrogens is 268 g/mol. The molecule has 0 aromatic carbocycles. The third-order valence-corrected chi connectivity index (χ3v) is 4.63. The Labute approximate surface area is 118 Å². The molecule has 1 aromatic heterocycles. The van der Waals surface area contributed by atoms with Crippen LogP contribution < -0.4 is 5.32 Å². The van der Waals surface area contributed by atoms with Crippen LogP contribution in [0.4, 0.5) is 0 Å². The summed E-state index contributed by atoms with van der Waals surface area (Å²) < 4.78 is 0.855. The molecule has 0 radical (unpaired) electrons. The fraction of sp³-hybridized carbons (Fsp3) is 0.692. The van der Waals surface area contributed by atoms with E-state index in [4.69, 9.17) is 11.6 Å². The SMILES string of the molecule is OCC1CCCN(CCNCc2ccc(Cl)s2)C1. The molecule has 1 unspecified atom stereocenters. The molecule has 0 bridgehead atoms. The van der Waals surface area contributed by atoms with E-state index in [0.29, 0.717) is 12.5 Å². The molecule has 1 aliphatic rings. The molecule has 102 valence electrons. The molecule has 0 saturated carbocycles. The Hall–Kier alpha value is -0.130. The minimum Gasteiger partial charge on any atom is -0.396 e. The van der Waals surface area contributed by atoms with Gasteiger partial charge >= 0.3 is 0 Å². The molecule has 1 aliphatic heterocycles. The Bertz CT molecular complexity index is 359. The summed E-state index contributed by atoms with van der Waals surface area (Å²) in [5.74, 6) is 0.481. The van der Waals surface area contributed by atoms with Crippen molar-refractivity contribution in [1.82, 2.24) is 10.2 Å². The molecule has 1 saturated heterocycles. The van der Waals surface area contributed by atoms with Gasteiger partial charge in [-0.1, -0.05) is 11.6 Å². The highest BCUT2D eigenvalue weighted by molar-refractivity contribution is 7.16. The molecule has 2 rings (SSSR count). The molecule has 18 heavy (non-hydrogen) atoms. The van der Waals surface area contributed by atoms with Gasteiger partial charge in [-0.05, 0) is 37.4 Å². The van der Waals surface area contributed by atoms with Gasteiger partial charge in [0.25, 0.3) is 0 Å². The quantitative estimate of drug-likeness (QED) is 0.788. The largest absolute Gasteiger partial charge is 0.396 e. The number of hydrogen-bond acceptors (Lipinski definition) is 4. The Morgan fingerprint density at radius 3 is 3.11 bits per heavy atom. The predicted octanol–water partition coefficient (Wildman–Crippen LogP) is 2.20. The van der Waals surface area contributed by atoms with Crippen LogP contribution >= 0.6 is 22.9 Å². The Kier molecular flexibility index (Phi) is 5.92. The number of halogens is 1. The first-order valence-electron chi connectivity index (χ1n) is 6.56. The van der Waals surface area contributed by atoms with Crippen LogP contribution in [0.25, 0.3) is 0 Å². The first-order valence-corrected chi connectivity index (χ1v) is 7.75. The second kappa shape index (κ2) is 7.46. The molecule has 2 heterocycles. The number of aliphatic hydroxyl groups excluding tert-OH is 1. The maximum absolute atomic E-state index is 9.18. The molecule has 0 amide bonds. The highest BCUT2D eigenvalue weighted by Crippen LogP contribution is 2.21. The van der Waals surface area contributed by atoms with Gasteiger partial charge in [0.15, 0.2) is 0 Å². The van der Waals surface area contributed by atoms with Gasteiger partial charge < -0.3 is 15.3 Å². The van der Waals surface area contributed by atoms with E-state index < -0.39 is 0 Å². The highest BCUT2D eigenvalue weighted by Gasteiger charge is 2.18. The monoisotopic (exact) mass is 288 g/mol. The van der Waals surface area contributed by atoms with Crippen LogP contribution in [0.1, 0.15) is 17.7 Å². The van der Waals surface area contributed by atoms with Crippen LogP contribution in [0.5, 0.6) is 0 Å². The van der Waals surface area contributed by atoms with E-state index in [2.05, 4.69) is 16.3 Å². The summed E-state index contributed by atoms with van der Waals surface area (Å²) in [6, 6.07) is 4.02. The summed E-state index contributed by atoms with van der Waals surface area (Å²) in [6.45, 7) is 5.50. The number of piperidine rings is 1. The van der Waals surface area contributed by atoms with E-state index in [-0.39, 0.29) is 0 Å². The number of likely N-dealkylation sites (tertiary alicyclic amines) is 1. The number of thiophene rings is 1. The summed E-state index contributed by atoms with van der Waals surface area (Å²) in [5.41, 5.74) is 0. The minimum atomic E-state index is 0.331. The van der Waals surface area contributed by atoms with Crippen molar-refractivity contribution < 1.29 is 5.11 Å². The summed E-state index contributed by atoms with van der Waals surface area (Å²) in [6.07, 6.45) is 2.39. The Balaban J connectivity index is 1.60. The summed E-state index contributed by atoms with van der Waals surface area (Å²) in [4.78, 5) is 3.73. The van der Waals surface area contributed by atoms with Gasteiger partial charge in [0.1, 0.15) is 0 Å². The fourth-order valence-corrected chi connectivity index (χ4v) is 3.46. The van der Waals surface area contributed by atoms with Crippen LogP contribution in [0.3, 0.4) is 0 Å². The number of rotatable bonds is 6. The molecule has 0 aliphatic carbocycles. The van der Waals surface area contributed by atoms with E-state index in [9.17, 15) is 5.11 Å². The van der Waals surface area contributed by atoms with Gasteiger partial charge in [0, 0.05) is 37.7 Å². The zero-order valence-electron chi connectivity index (χ0n) is 10.6. The minimum absolute atomic E-state index is 0.331. The van der Waals surface area contributed by atoms with E-state index >= 15 is 0 Å². The lowest BCUT2D eigenvalue weighted by molar-refractivity contribution is 0.121. The molecule has 1 atom stereocenters. The van der Waals surface area contributed by atoms with Gasteiger partial charge in [-0.25, -0.2) is 0 Å². The smallest absolute Gasteiger partial charge is 0.0931 e. The van der Waals surface area contributed by atoms with Gasteiger partial charge in [-0.3, -0.25) is 0 Å². The molecule has 2 N–H and O–H groups in total. The average Bonchev–Trinajstić information content (AvgIpc) is 2.81. The predicted molar refractivity (Wildman–Crippen MR) is 77.3 cm³/mol. The lowest BCUT2D eigenvalue weighted by atomic mass is 9.99. The normalized spacial score (nSPS) is 21.3. The number of hydrogen-bond donors (Lipinski definition) is 2. The lowest BCUT2D eigenvalue weighted by Crippen LogP contribution is -2.40. The highest BCUT2D eigenvalue weighted by atomic mass is 35.5. The summed E-state index contributed by atoms with van der Waals surface area (Å²) >= 11 is 7.52. The fourth-order valence-electron chi connectivity index (χ4n) is 2.40. The van der Waals surface area contributed by atoms with Gasteiger partial charge in [-0.2, -0.15) is 0 Å². The Morgan fingerprint density at radius 2 is 2.39 bits per heavy atom. The first kappa shape index (κ1) is 14.3. The standard InChI is InChI=1S/C13H21ClN2OS/c14-13-4-3-12(18-13)8-15-5-7-16-6-1-2-11(9-16)10-17/h3-4,11,15,17H,1-2,5-10H2. The van der Waals surface area contributed by atoms with Gasteiger partial charge in [0.2, 0.25) is 0 Å². The van der Waals surface area contributed by atoms with E-state index in [1.165, 1.54) is 24.3 Å². The first-order chi connectivity index (χ1) is 8.78. The van der Waals surface area contributed by atoms with Crippen molar-refractivity contribution in [3.8, 4) is 0 Å². The van der Waals surface area contributed by atoms with Crippen molar-refractivity contribution in [2.45, 2.75) is 19.4 Å². The zero-order chi connectivity index (χ0) is 12.8. The Morgan fingerprint density at radius 1 is 1.50 bits per heavy atom. The van der Waals surface area contributed by atoms with Crippen molar-refractivity contribution >= 4 is 22.9 Å². The van der Waals surface area contributed by atoms with Crippen LogP contribution in [0.15, 0.2) is 12.1 Å². The third-order valence-electron chi connectivity index (χ3n) is 3.39. The average molecular weight is 289 g/mol. The number of nitrogens with zero attached hydrogens (tertiary/aromatic N) is 1. The molecular formula is C13H21ClN2OS. The van der Waals surface area contributed by atoms with Crippen LogP contribution in [-0.4, -0.2) is 42.8 Å². The van der Waals surface area contributed by atoms with E-state index in [1.54, 1.807) is 11.3 Å². The van der Waals surface area contributed by atoms with Crippen molar-refractivity contribution in [1.29, 1.82) is 0 Å². The van der Waals surface area contributed by atoms with Crippen LogP contribution in [0.2, 0.25) is 4.34 Å². The van der Waals surface area contributed by atoms with E-state index in [1.807, 2.05) is 6.07 Å². The molecule has 0 spiro atoms. The second-order valence-corrected chi connectivity index (χ2v) is 6.67. The van der Waals surface area contributed by atoms with Gasteiger partial charge in [-0.15, -0.1) is 11.3 Å². The lowest BCUT2D eigenvalue weighted by Gasteiger charge is -2.31. The van der Waals surface area contributed by atoms with Crippen molar-refractivity contribution in [2.24, 2.45) is 5.92 Å². The van der Waals surface area contributed by atoms with Crippen LogP contribution in [-0.2, 0) is 6.54 Å².